The third kappa shape index (κ3) is 6.15. The Morgan fingerprint density at radius 1 is 1.00 bits per heavy atom. The predicted molar refractivity (Wildman–Crippen MR) is 66.1 cm³/mol. The Kier molecular flexibility index (Phi) is 7.29. The first-order chi connectivity index (χ1) is 7.88. The maximum Gasteiger partial charge on any atom is 0.108 e. The van der Waals surface area contributed by atoms with Crippen molar-refractivity contribution in [3.05, 3.63) is 0 Å². The largest absolute Gasteiger partial charge is 0.394 e. The highest BCUT2D eigenvalue weighted by Crippen LogP contribution is 2.23. The molecule has 16 heavy (non-hydrogen) atoms. The lowest BCUT2D eigenvalue weighted by Gasteiger charge is -1.96. The van der Waals surface area contributed by atoms with Crippen molar-refractivity contribution in [1.82, 2.24) is 0 Å². The summed E-state index contributed by atoms with van der Waals surface area (Å²) in [5, 5.41) is 8.75. The highest BCUT2D eigenvalue weighted by molar-refractivity contribution is 5.04. The Morgan fingerprint density at radius 3 is 2.44 bits per heavy atom. The summed E-state index contributed by atoms with van der Waals surface area (Å²) in [4.78, 5) is 0. The van der Waals surface area contributed by atoms with E-state index in [9.17, 15) is 0 Å². The van der Waals surface area contributed by atoms with Crippen molar-refractivity contribution >= 4 is 0 Å². The van der Waals surface area contributed by atoms with E-state index in [1.807, 2.05) is 0 Å². The van der Waals surface area contributed by atoms with E-state index in [2.05, 4.69) is 18.8 Å². The first-order valence-corrected chi connectivity index (χ1v) is 6.60. The standard InChI is InChI=1S/C14H24O2/c1-2-3-4-5-6-7-8-9-10-11-13-14(12-15)16-13/h13-15H,2-8,11-12H2,1H3/t13-,14-/m0/s1. The molecular weight excluding hydrogens is 200 g/mol. The third-order valence-electron chi connectivity index (χ3n) is 2.95. The minimum atomic E-state index is 0.0725. The second kappa shape index (κ2) is 8.61. The molecule has 1 heterocycles. The summed E-state index contributed by atoms with van der Waals surface area (Å²) in [6.45, 7) is 2.38. The summed E-state index contributed by atoms with van der Waals surface area (Å²) < 4.78 is 5.19. The van der Waals surface area contributed by atoms with Crippen molar-refractivity contribution in [1.29, 1.82) is 0 Å². The molecule has 0 aromatic heterocycles. The number of rotatable bonds is 8. The lowest BCUT2D eigenvalue weighted by atomic mass is 10.1. The van der Waals surface area contributed by atoms with Crippen LogP contribution >= 0.6 is 0 Å². The second-order valence-electron chi connectivity index (χ2n) is 4.47. The summed E-state index contributed by atoms with van der Waals surface area (Å²) in [6.07, 6.45) is 10.0. The zero-order valence-corrected chi connectivity index (χ0v) is 10.4. The molecule has 0 bridgehead atoms. The van der Waals surface area contributed by atoms with Gasteiger partial charge in [-0.2, -0.15) is 0 Å². The van der Waals surface area contributed by atoms with Gasteiger partial charge in [0.15, 0.2) is 0 Å². The van der Waals surface area contributed by atoms with Crippen LogP contribution in [0.15, 0.2) is 0 Å². The average molecular weight is 224 g/mol. The fourth-order valence-corrected chi connectivity index (χ4v) is 1.77. The molecule has 1 aliphatic rings. The van der Waals surface area contributed by atoms with Gasteiger partial charge in [-0.1, -0.05) is 39.0 Å². The molecule has 2 nitrogen and oxygen atoms in total. The Morgan fingerprint density at radius 2 is 1.75 bits per heavy atom. The van der Waals surface area contributed by atoms with Crippen molar-refractivity contribution in [3.8, 4) is 11.8 Å². The lowest BCUT2D eigenvalue weighted by Crippen LogP contribution is -1.97. The molecule has 2 heteroatoms. The van der Waals surface area contributed by atoms with Gasteiger partial charge in [-0.25, -0.2) is 0 Å². The molecule has 1 aliphatic heterocycles. The quantitative estimate of drug-likeness (QED) is 0.390. The van der Waals surface area contributed by atoms with Gasteiger partial charge in [0, 0.05) is 12.8 Å². The molecule has 1 fully saturated rings. The molecule has 0 amide bonds. The van der Waals surface area contributed by atoms with Crippen molar-refractivity contribution in [2.45, 2.75) is 70.5 Å². The van der Waals surface area contributed by atoms with Crippen molar-refractivity contribution in [2.75, 3.05) is 6.61 Å². The van der Waals surface area contributed by atoms with Crippen LogP contribution in [0.4, 0.5) is 0 Å². The van der Waals surface area contributed by atoms with Gasteiger partial charge in [0.25, 0.3) is 0 Å². The topological polar surface area (TPSA) is 32.8 Å². The van der Waals surface area contributed by atoms with E-state index in [0.717, 1.165) is 12.8 Å². The zero-order chi connectivity index (χ0) is 11.6. The van der Waals surface area contributed by atoms with Crippen LogP contribution in [0.2, 0.25) is 0 Å². The number of ether oxygens (including phenoxy) is 1. The summed E-state index contributed by atoms with van der Waals surface area (Å²) >= 11 is 0. The summed E-state index contributed by atoms with van der Waals surface area (Å²) in [6, 6.07) is 0. The molecular formula is C14H24O2. The minimum absolute atomic E-state index is 0.0725. The lowest BCUT2D eigenvalue weighted by molar-refractivity contribution is 0.242. The average Bonchev–Trinajstić information content (AvgIpc) is 3.05. The van der Waals surface area contributed by atoms with Crippen LogP contribution in [-0.2, 0) is 4.74 Å². The molecule has 0 spiro atoms. The number of hydrogen-bond donors (Lipinski definition) is 1. The van der Waals surface area contributed by atoms with Crippen molar-refractivity contribution < 1.29 is 9.84 Å². The second-order valence-corrected chi connectivity index (χ2v) is 4.47. The minimum Gasteiger partial charge on any atom is -0.394 e. The molecule has 1 saturated heterocycles. The van der Waals surface area contributed by atoms with E-state index in [0.29, 0.717) is 0 Å². The van der Waals surface area contributed by atoms with Crippen LogP contribution in [0.25, 0.3) is 0 Å². The van der Waals surface area contributed by atoms with E-state index >= 15 is 0 Å². The van der Waals surface area contributed by atoms with Crippen molar-refractivity contribution in [2.24, 2.45) is 0 Å². The van der Waals surface area contributed by atoms with Gasteiger partial charge >= 0.3 is 0 Å². The molecule has 0 aromatic carbocycles. The zero-order valence-electron chi connectivity index (χ0n) is 10.4. The van der Waals surface area contributed by atoms with Gasteiger partial charge in [0.05, 0.1) is 12.7 Å². The molecule has 0 aliphatic carbocycles. The van der Waals surface area contributed by atoms with E-state index in [1.165, 1.54) is 38.5 Å². The maximum atomic E-state index is 8.75. The van der Waals surface area contributed by atoms with E-state index in [-0.39, 0.29) is 18.8 Å². The predicted octanol–water partition coefficient (Wildman–Crippen LogP) is 2.89. The fourth-order valence-electron chi connectivity index (χ4n) is 1.77. The monoisotopic (exact) mass is 224 g/mol. The SMILES string of the molecule is CCCCCCCCC#CC[C@@H]1O[C@H]1CO. The Labute approximate surface area is 99.4 Å². The van der Waals surface area contributed by atoms with Gasteiger partial charge in [-0.3, -0.25) is 0 Å². The van der Waals surface area contributed by atoms with E-state index in [4.69, 9.17) is 9.84 Å². The highest BCUT2D eigenvalue weighted by atomic mass is 16.6. The summed E-state index contributed by atoms with van der Waals surface area (Å²) in [5.74, 6) is 6.31. The number of aliphatic hydroxyl groups excluding tert-OH is 1. The Bertz CT molecular complexity index is 227. The number of unbranched alkanes of at least 4 members (excludes halogenated alkanes) is 6. The van der Waals surface area contributed by atoms with Gasteiger partial charge < -0.3 is 9.84 Å². The highest BCUT2D eigenvalue weighted by Gasteiger charge is 2.36. The van der Waals surface area contributed by atoms with Crippen LogP contribution in [-0.4, -0.2) is 23.9 Å². The Hall–Kier alpha value is -0.520. The van der Waals surface area contributed by atoms with Crippen LogP contribution in [0.3, 0.4) is 0 Å². The van der Waals surface area contributed by atoms with Crippen LogP contribution in [0.1, 0.15) is 58.3 Å². The third-order valence-corrected chi connectivity index (χ3v) is 2.95. The smallest absolute Gasteiger partial charge is 0.108 e. The molecule has 0 radical (unpaired) electrons. The van der Waals surface area contributed by atoms with Crippen LogP contribution in [0.5, 0.6) is 0 Å². The molecule has 0 saturated carbocycles. The van der Waals surface area contributed by atoms with Crippen LogP contribution < -0.4 is 0 Å². The number of aliphatic hydroxyl groups is 1. The van der Waals surface area contributed by atoms with E-state index in [1.54, 1.807) is 0 Å². The Balaban J connectivity index is 1.82. The summed E-state index contributed by atoms with van der Waals surface area (Å²) in [5.41, 5.74) is 0. The first kappa shape index (κ1) is 13.5. The number of epoxide rings is 1. The molecule has 2 atom stereocenters. The first-order valence-electron chi connectivity index (χ1n) is 6.60. The van der Waals surface area contributed by atoms with Gasteiger partial charge in [-0.15, -0.1) is 11.8 Å². The maximum absolute atomic E-state index is 8.75. The number of hydrogen-bond acceptors (Lipinski definition) is 2. The normalized spacial score (nSPS) is 22.6. The van der Waals surface area contributed by atoms with Gasteiger partial charge in [-0.05, 0) is 6.42 Å². The van der Waals surface area contributed by atoms with Crippen LogP contribution in [0, 0.1) is 11.8 Å². The molecule has 0 unspecified atom stereocenters. The van der Waals surface area contributed by atoms with Gasteiger partial charge in [0.2, 0.25) is 0 Å². The molecule has 1 N–H and O–H groups in total. The molecule has 0 aromatic rings. The van der Waals surface area contributed by atoms with Crippen molar-refractivity contribution in [3.63, 3.8) is 0 Å². The summed E-state index contributed by atoms with van der Waals surface area (Å²) in [7, 11) is 0. The molecule has 92 valence electrons. The fraction of sp³-hybridized carbons (Fsp3) is 0.857. The van der Waals surface area contributed by atoms with Gasteiger partial charge in [0.1, 0.15) is 6.10 Å². The van der Waals surface area contributed by atoms with E-state index < -0.39 is 0 Å². The molecule has 1 rings (SSSR count).